The average molecular weight is 345 g/mol. The molecule has 0 spiro atoms. The summed E-state index contributed by atoms with van der Waals surface area (Å²) in [6.07, 6.45) is 2.48. The Hall–Kier alpha value is -2.21. The molecule has 2 aromatic rings. The van der Waals surface area contributed by atoms with Crippen LogP contribution in [0.25, 0.3) is 0 Å². The van der Waals surface area contributed by atoms with Crippen molar-refractivity contribution in [3.63, 3.8) is 0 Å². The molecule has 1 unspecified atom stereocenters. The summed E-state index contributed by atoms with van der Waals surface area (Å²) in [7, 11) is 1.66. The Kier molecular flexibility index (Phi) is 6.49. The first-order chi connectivity index (χ1) is 11.5. The minimum Gasteiger partial charge on any atom is -0.334 e. The van der Waals surface area contributed by atoms with Gasteiger partial charge in [-0.1, -0.05) is 25.1 Å². The van der Waals surface area contributed by atoms with E-state index in [-0.39, 0.29) is 17.6 Å². The van der Waals surface area contributed by atoms with Gasteiger partial charge in [0.2, 0.25) is 0 Å². The number of urea groups is 1. The van der Waals surface area contributed by atoms with E-state index in [1.165, 1.54) is 15.5 Å². The van der Waals surface area contributed by atoms with Crippen molar-refractivity contribution in [2.75, 3.05) is 11.1 Å². The number of carbonyl (C=O) groups excluding carboxylic acids is 1. The zero-order chi connectivity index (χ0) is 17.5. The van der Waals surface area contributed by atoms with E-state index >= 15 is 0 Å². The van der Waals surface area contributed by atoms with Crippen LogP contribution < -0.4 is 16.2 Å². The van der Waals surface area contributed by atoms with Crippen molar-refractivity contribution < 1.29 is 4.79 Å². The van der Waals surface area contributed by atoms with Crippen LogP contribution in [0.15, 0.2) is 52.3 Å². The first-order valence-corrected chi connectivity index (χ1v) is 8.90. The maximum absolute atomic E-state index is 12.2. The second-order valence-corrected chi connectivity index (χ2v) is 6.74. The van der Waals surface area contributed by atoms with E-state index in [9.17, 15) is 9.59 Å². The summed E-state index contributed by atoms with van der Waals surface area (Å²) in [4.78, 5) is 25.0. The Balaban J connectivity index is 1.92. The van der Waals surface area contributed by atoms with Gasteiger partial charge < -0.3 is 15.2 Å². The zero-order valence-corrected chi connectivity index (χ0v) is 15.0. The molecule has 0 fully saturated rings. The first-order valence-electron chi connectivity index (χ1n) is 7.92. The molecular weight excluding hydrogens is 322 g/mol. The molecule has 128 valence electrons. The van der Waals surface area contributed by atoms with Crippen molar-refractivity contribution in [2.45, 2.75) is 31.2 Å². The highest BCUT2D eigenvalue weighted by Crippen LogP contribution is 2.19. The van der Waals surface area contributed by atoms with Crippen molar-refractivity contribution in [3.8, 4) is 0 Å². The number of aryl methyl sites for hydroxylation is 2. The summed E-state index contributed by atoms with van der Waals surface area (Å²) < 4.78 is 1.45. The molecule has 1 atom stereocenters. The quantitative estimate of drug-likeness (QED) is 0.789. The van der Waals surface area contributed by atoms with Gasteiger partial charge in [0, 0.05) is 36.0 Å². The van der Waals surface area contributed by atoms with E-state index in [2.05, 4.69) is 22.8 Å². The summed E-state index contributed by atoms with van der Waals surface area (Å²) in [5.74, 6) is 0.806. The van der Waals surface area contributed by atoms with Gasteiger partial charge in [-0.05, 0) is 31.0 Å². The second kappa shape index (κ2) is 8.59. The number of carbonyl (C=O) groups is 1. The van der Waals surface area contributed by atoms with Crippen LogP contribution in [-0.2, 0) is 7.05 Å². The molecule has 2 N–H and O–H groups in total. The number of thioether (sulfide) groups is 1. The highest BCUT2D eigenvalue weighted by atomic mass is 32.2. The molecule has 0 aliphatic carbocycles. The predicted molar refractivity (Wildman–Crippen MR) is 99.8 cm³/mol. The number of benzene rings is 1. The van der Waals surface area contributed by atoms with E-state index < -0.39 is 0 Å². The average Bonchev–Trinajstić information content (AvgIpc) is 2.57. The van der Waals surface area contributed by atoms with Crippen LogP contribution in [0.2, 0.25) is 0 Å². The van der Waals surface area contributed by atoms with Gasteiger partial charge in [-0.2, -0.15) is 0 Å². The molecule has 0 saturated carbocycles. The Bertz CT molecular complexity index is 744. The maximum atomic E-state index is 12.2. The highest BCUT2D eigenvalue weighted by Gasteiger charge is 2.12. The van der Waals surface area contributed by atoms with Gasteiger partial charge in [-0.25, -0.2) is 4.79 Å². The maximum Gasteiger partial charge on any atom is 0.319 e. The lowest BCUT2D eigenvalue weighted by atomic mass is 10.2. The number of amides is 2. The lowest BCUT2D eigenvalue weighted by Gasteiger charge is -2.18. The van der Waals surface area contributed by atoms with Crippen LogP contribution >= 0.6 is 11.8 Å². The molecule has 6 heteroatoms. The van der Waals surface area contributed by atoms with E-state index in [0.717, 1.165) is 17.7 Å². The highest BCUT2D eigenvalue weighted by molar-refractivity contribution is 7.99. The van der Waals surface area contributed by atoms with Crippen molar-refractivity contribution in [3.05, 3.63) is 58.5 Å². The molecule has 5 nitrogen and oxygen atoms in total. The summed E-state index contributed by atoms with van der Waals surface area (Å²) in [5, 5.41) is 5.81. The van der Waals surface area contributed by atoms with Gasteiger partial charge in [0.1, 0.15) is 0 Å². The molecule has 0 aliphatic rings. The van der Waals surface area contributed by atoms with Crippen LogP contribution in [0.5, 0.6) is 0 Å². The molecule has 1 aromatic carbocycles. The number of hydrogen-bond donors (Lipinski definition) is 2. The third-order valence-corrected chi connectivity index (χ3v) is 4.88. The number of nitrogens with one attached hydrogen (secondary N) is 2. The fraction of sp³-hybridized carbons (Fsp3) is 0.333. The predicted octanol–water partition coefficient (Wildman–Crippen LogP) is 3.39. The Morgan fingerprint density at radius 2 is 2.00 bits per heavy atom. The Morgan fingerprint density at radius 3 is 2.67 bits per heavy atom. The third kappa shape index (κ3) is 5.16. The standard InChI is InChI=1S/C18H23N3O2S/c1-4-14(12-24-15-8-6-5-7-9-15)19-18(23)20-16-11-21(3)17(22)10-13(16)2/h5-11,14H,4,12H2,1-3H3,(H2,19,20,23). The summed E-state index contributed by atoms with van der Waals surface area (Å²) in [6.45, 7) is 3.85. The minimum absolute atomic E-state index is 0.0723. The molecule has 0 bridgehead atoms. The van der Waals surface area contributed by atoms with Crippen LogP contribution in [0.1, 0.15) is 18.9 Å². The molecule has 2 amide bonds. The lowest BCUT2D eigenvalue weighted by molar-refractivity contribution is 0.249. The van der Waals surface area contributed by atoms with Gasteiger partial charge in [0.05, 0.1) is 5.69 Å². The van der Waals surface area contributed by atoms with Crippen molar-refractivity contribution in [1.82, 2.24) is 9.88 Å². The van der Waals surface area contributed by atoms with Gasteiger partial charge in [-0.15, -0.1) is 11.8 Å². The van der Waals surface area contributed by atoms with E-state index in [4.69, 9.17) is 0 Å². The largest absolute Gasteiger partial charge is 0.334 e. The van der Waals surface area contributed by atoms with E-state index in [0.29, 0.717) is 5.69 Å². The molecular formula is C18H23N3O2S. The van der Waals surface area contributed by atoms with E-state index in [1.807, 2.05) is 25.1 Å². The fourth-order valence-corrected chi connectivity index (χ4v) is 3.24. The number of aromatic nitrogens is 1. The molecule has 0 saturated heterocycles. The number of hydrogen-bond acceptors (Lipinski definition) is 3. The van der Waals surface area contributed by atoms with Crippen LogP contribution in [0, 0.1) is 6.92 Å². The summed E-state index contributed by atoms with van der Waals surface area (Å²) >= 11 is 1.72. The normalized spacial score (nSPS) is 11.8. The number of anilines is 1. The molecule has 24 heavy (non-hydrogen) atoms. The number of pyridine rings is 1. The SMILES string of the molecule is CCC(CSc1ccccc1)NC(=O)Nc1cn(C)c(=O)cc1C. The monoisotopic (exact) mass is 345 g/mol. The summed E-state index contributed by atoms with van der Waals surface area (Å²) in [6, 6.07) is 11.5. The van der Waals surface area contributed by atoms with Crippen molar-refractivity contribution in [2.24, 2.45) is 7.05 Å². The summed E-state index contributed by atoms with van der Waals surface area (Å²) in [5.41, 5.74) is 1.30. The van der Waals surface area contributed by atoms with Crippen molar-refractivity contribution in [1.29, 1.82) is 0 Å². The number of rotatable bonds is 6. The molecule has 0 aliphatic heterocycles. The first kappa shape index (κ1) is 18.1. The van der Waals surface area contributed by atoms with Crippen LogP contribution in [0.3, 0.4) is 0 Å². The lowest BCUT2D eigenvalue weighted by Crippen LogP contribution is -2.39. The smallest absolute Gasteiger partial charge is 0.319 e. The van der Waals surface area contributed by atoms with Gasteiger partial charge in [0.25, 0.3) is 5.56 Å². The Labute approximate surface area is 146 Å². The minimum atomic E-state index is -0.253. The van der Waals surface area contributed by atoms with Crippen LogP contribution in [0.4, 0.5) is 10.5 Å². The molecule has 1 heterocycles. The fourth-order valence-electron chi connectivity index (χ4n) is 2.17. The van der Waals surface area contributed by atoms with Gasteiger partial charge >= 0.3 is 6.03 Å². The molecule has 2 rings (SSSR count). The van der Waals surface area contributed by atoms with Gasteiger partial charge in [0.15, 0.2) is 0 Å². The molecule has 1 aromatic heterocycles. The van der Waals surface area contributed by atoms with E-state index in [1.54, 1.807) is 31.9 Å². The molecule has 0 radical (unpaired) electrons. The van der Waals surface area contributed by atoms with Crippen LogP contribution in [-0.4, -0.2) is 22.4 Å². The van der Waals surface area contributed by atoms with Crippen molar-refractivity contribution >= 4 is 23.5 Å². The Morgan fingerprint density at radius 1 is 1.29 bits per heavy atom. The third-order valence-electron chi connectivity index (χ3n) is 3.71. The second-order valence-electron chi connectivity index (χ2n) is 5.65. The zero-order valence-electron chi connectivity index (χ0n) is 14.2. The van der Waals surface area contributed by atoms with Gasteiger partial charge in [-0.3, -0.25) is 4.79 Å². The number of nitrogens with zero attached hydrogens (tertiary/aromatic N) is 1. The topological polar surface area (TPSA) is 63.1 Å².